The second-order valence-corrected chi connectivity index (χ2v) is 7.21. The molecule has 0 saturated carbocycles. The maximum Gasteiger partial charge on any atom is 0.248 e. The fourth-order valence-corrected chi connectivity index (χ4v) is 3.62. The van der Waals surface area contributed by atoms with Crippen LogP contribution in [0.4, 0.5) is 5.69 Å². The molecule has 0 aliphatic heterocycles. The molecule has 3 aromatic carbocycles. The first-order valence-corrected chi connectivity index (χ1v) is 9.79. The van der Waals surface area contributed by atoms with Gasteiger partial charge in [0.15, 0.2) is 5.82 Å². The first kappa shape index (κ1) is 17.3. The number of nitrogens with one attached hydrogen (secondary N) is 1. The van der Waals surface area contributed by atoms with Gasteiger partial charge in [0.25, 0.3) is 0 Å². The molecule has 148 valence electrons. The van der Waals surface area contributed by atoms with Crippen molar-refractivity contribution in [1.29, 1.82) is 0 Å². The van der Waals surface area contributed by atoms with E-state index >= 15 is 0 Å². The summed E-state index contributed by atoms with van der Waals surface area (Å²) in [6.07, 6.45) is 0. The number of benzene rings is 3. The van der Waals surface area contributed by atoms with Crippen LogP contribution in [0.1, 0.15) is 0 Å². The number of H-pyrrole nitrogens is 1. The smallest absolute Gasteiger partial charge is 0.248 e. The van der Waals surface area contributed by atoms with Gasteiger partial charge in [-0.3, -0.25) is 0 Å². The van der Waals surface area contributed by atoms with E-state index in [-0.39, 0.29) is 0 Å². The van der Waals surface area contributed by atoms with E-state index in [4.69, 9.17) is 15.1 Å². The van der Waals surface area contributed by atoms with E-state index in [0.717, 1.165) is 33.1 Å². The lowest BCUT2D eigenvalue weighted by Gasteiger charge is -2.05. The van der Waals surface area contributed by atoms with Crippen LogP contribution in [0.2, 0.25) is 0 Å². The summed E-state index contributed by atoms with van der Waals surface area (Å²) in [5.74, 6) is 1.54. The molecule has 0 fully saturated rings. The SMILES string of the molecule is Nc1ccc(-c2nnc(-c3cc(-c4nc5ccccc5[nH]4)nc4ccccc34)o2)cc1. The highest BCUT2D eigenvalue weighted by molar-refractivity contribution is 5.94. The van der Waals surface area contributed by atoms with E-state index in [1.165, 1.54) is 0 Å². The Balaban J connectivity index is 1.52. The molecule has 3 aromatic heterocycles. The van der Waals surface area contributed by atoms with E-state index in [1.807, 2.05) is 66.7 Å². The van der Waals surface area contributed by atoms with Gasteiger partial charge in [-0.2, -0.15) is 0 Å². The summed E-state index contributed by atoms with van der Waals surface area (Å²) in [4.78, 5) is 12.8. The second-order valence-electron chi connectivity index (χ2n) is 7.21. The number of rotatable bonds is 3. The van der Waals surface area contributed by atoms with Gasteiger partial charge < -0.3 is 15.1 Å². The van der Waals surface area contributed by atoms with Crippen LogP contribution < -0.4 is 5.73 Å². The van der Waals surface area contributed by atoms with E-state index in [9.17, 15) is 0 Å². The second kappa shape index (κ2) is 6.77. The van der Waals surface area contributed by atoms with Gasteiger partial charge in [-0.25, -0.2) is 9.97 Å². The summed E-state index contributed by atoms with van der Waals surface area (Å²) >= 11 is 0. The zero-order chi connectivity index (χ0) is 20.8. The average molecular weight is 404 g/mol. The molecular formula is C24H16N6O. The Morgan fingerprint density at radius 3 is 2.32 bits per heavy atom. The van der Waals surface area contributed by atoms with Crippen LogP contribution in [0.25, 0.3) is 56.4 Å². The maximum atomic E-state index is 6.03. The number of nitrogen functional groups attached to an aromatic ring is 1. The number of nitrogens with two attached hydrogens (primary N) is 1. The van der Waals surface area contributed by atoms with Crippen molar-refractivity contribution >= 4 is 27.6 Å². The van der Waals surface area contributed by atoms with Crippen LogP contribution >= 0.6 is 0 Å². The third-order valence-corrected chi connectivity index (χ3v) is 5.16. The molecule has 0 saturated heterocycles. The molecule has 0 bridgehead atoms. The maximum absolute atomic E-state index is 6.03. The number of imidazole rings is 1. The predicted molar refractivity (Wildman–Crippen MR) is 120 cm³/mol. The first-order valence-electron chi connectivity index (χ1n) is 9.79. The van der Waals surface area contributed by atoms with Crippen molar-refractivity contribution in [2.75, 3.05) is 5.73 Å². The Bertz CT molecular complexity index is 1520. The van der Waals surface area contributed by atoms with Crippen LogP contribution in [-0.2, 0) is 0 Å². The summed E-state index contributed by atoms with van der Waals surface area (Å²) in [5.41, 5.74) is 11.4. The van der Waals surface area contributed by atoms with Crippen molar-refractivity contribution in [3.05, 3.63) is 78.9 Å². The van der Waals surface area contributed by atoms with Crippen molar-refractivity contribution in [3.63, 3.8) is 0 Å². The summed E-state index contributed by atoms with van der Waals surface area (Å²) in [5, 5.41) is 9.47. The third-order valence-electron chi connectivity index (χ3n) is 5.16. The highest BCUT2D eigenvalue weighted by Crippen LogP contribution is 2.32. The summed E-state index contributed by atoms with van der Waals surface area (Å²) < 4.78 is 6.03. The van der Waals surface area contributed by atoms with Crippen LogP contribution in [0.15, 0.2) is 83.3 Å². The minimum atomic E-state index is 0.419. The Kier molecular flexibility index (Phi) is 3.79. The van der Waals surface area contributed by atoms with E-state index in [0.29, 0.717) is 29.0 Å². The number of hydrogen-bond donors (Lipinski definition) is 2. The van der Waals surface area contributed by atoms with Crippen molar-refractivity contribution in [1.82, 2.24) is 25.1 Å². The Labute approximate surface area is 176 Å². The van der Waals surface area contributed by atoms with Crippen LogP contribution in [0.3, 0.4) is 0 Å². The number of para-hydroxylation sites is 3. The van der Waals surface area contributed by atoms with Crippen molar-refractivity contribution in [2.24, 2.45) is 0 Å². The standard InChI is InChI=1S/C24H16N6O/c25-15-11-9-14(10-12-15)23-29-30-24(31-23)17-13-21(26-18-6-2-1-5-16(17)18)22-27-19-7-3-4-8-20(19)28-22/h1-13H,25H2,(H,27,28). The molecule has 0 spiro atoms. The molecule has 0 unspecified atom stereocenters. The molecular weight excluding hydrogens is 388 g/mol. The summed E-state index contributed by atoms with van der Waals surface area (Å²) in [7, 11) is 0. The number of aromatic amines is 1. The zero-order valence-corrected chi connectivity index (χ0v) is 16.3. The molecule has 0 amide bonds. The minimum Gasteiger partial charge on any atom is -0.416 e. The fourth-order valence-electron chi connectivity index (χ4n) is 3.62. The normalized spacial score (nSPS) is 11.4. The number of anilines is 1. The Morgan fingerprint density at radius 1 is 0.742 bits per heavy atom. The predicted octanol–water partition coefficient (Wildman–Crippen LogP) is 5.08. The van der Waals surface area contributed by atoms with Crippen LogP contribution in [-0.4, -0.2) is 25.1 Å². The lowest BCUT2D eigenvalue weighted by atomic mass is 10.1. The van der Waals surface area contributed by atoms with E-state index < -0.39 is 0 Å². The lowest BCUT2D eigenvalue weighted by molar-refractivity contribution is 0.585. The van der Waals surface area contributed by atoms with Crippen LogP contribution in [0, 0.1) is 0 Å². The number of fused-ring (bicyclic) bond motifs is 2. The van der Waals surface area contributed by atoms with E-state index in [2.05, 4.69) is 20.2 Å². The average Bonchev–Trinajstić information content (AvgIpc) is 3.46. The Morgan fingerprint density at radius 2 is 1.48 bits per heavy atom. The Hall–Kier alpha value is -4.52. The van der Waals surface area contributed by atoms with Gasteiger partial charge in [0.1, 0.15) is 5.69 Å². The molecule has 0 aliphatic rings. The summed E-state index contributed by atoms with van der Waals surface area (Å²) in [6, 6.07) is 25.0. The zero-order valence-electron chi connectivity index (χ0n) is 16.3. The topological polar surface area (TPSA) is 107 Å². The lowest BCUT2D eigenvalue weighted by Crippen LogP contribution is -1.91. The number of aromatic nitrogens is 5. The number of hydrogen-bond acceptors (Lipinski definition) is 6. The highest BCUT2D eigenvalue weighted by atomic mass is 16.4. The largest absolute Gasteiger partial charge is 0.416 e. The van der Waals surface area contributed by atoms with Gasteiger partial charge in [-0.15, -0.1) is 10.2 Å². The van der Waals surface area contributed by atoms with Crippen LogP contribution in [0.5, 0.6) is 0 Å². The minimum absolute atomic E-state index is 0.419. The highest BCUT2D eigenvalue weighted by Gasteiger charge is 2.17. The fraction of sp³-hybridized carbons (Fsp3) is 0. The van der Waals surface area contributed by atoms with Gasteiger partial charge in [0.05, 0.1) is 22.1 Å². The van der Waals surface area contributed by atoms with Crippen molar-refractivity contribution in [3.8, 4) is 34.4 Å². The molecule has 0 aliphatic carbocycles. The van der Waals surface area contributed by atoms with Gasteiger partial charge in [0, 0.05) is 16.6 Å². The van der Waals surface area contributed by atoms with Gasteiger partial charge in [-0.05, 0) is 48.5 Å². The molecule has 7 heteroatoms. The molecule has 0 atom stereocenters. The molecule has 6 rings (SSSR count). The summed E-state index contributed by atoms with van der Waals surface area (Å²) in [6.45, 7) is 0. The molecule has 31 heavy (non-hydrogen) atoms. The number of nitrogens with zero attached hydrogens (tertiary/aromatic N) is 4. The van der Waals surface area contributed by atoms with Crippen molar-refractivity contribution in [2.45, 2.75) is 0 Å². The number of pyridine rings is 1. The monoisotopic (exact) mass is 404 g/mol. The van der Waals surface area contributed by atoms with Gasteiger partial charge in [-0.1, -0.05) is 30.3 Å². The van der Waals surface area contributed by atoms with E-state index in [1.54, 1.807) is 12.1 Å². The molecule has 6 aromatic rings. The molecule has 7 nitrogen and oxygen atoms in total. The first-order chi connectivity index (χ1) is 15.2. The molecule has 3 N–H and O–H groups in total. The molecule has 3 heterocycles. The van der Waals surface area contributed by atoms with Crippen molar-refractivity contribution < 1.29 is 4.42 Å². The van der Waals surface area contributed by atoms with Gasteiger partial charge in [0.2, 0.25) is 11.8 Å². The third kappa shape index (κ3) is 3.00. The molecule has 0 radical (unpaired) electrons. The van der Waals surface area contributed by atoms with Gasteiger partial charge >= 0.3 is 0 Å². The quantitative estimate of drug-likeness (QED) is 0.399.